The first-order valence-corrected chi connectivity index (χ1v) is 15.3. The van der Waals surface area contributed by atoms with Crippen molar-refractivity contribution in [2.24, 2.45) is 0 Å². The molecule has 0 unspecified atom stereocenters. The molecule has 0 amide bonds. The van der Waals surface area contributed by atoms with E-state index in [1.54, 1.807) is 0 Å². The molecule has 0 aliphatic heterocycles. The Morgan fingerprint density at radius 3 is 1.48 bits per heavy atom. The predicted molar refractivity (Wildman–Crippen MR) is 190 cm³/mol. The molecule has 44 heavy (non-hydrogen) atoms. The second kappa shape index (κ2) is 9.93. The molecule has 0 radical (unpaired) electrons. The first kappa shape index (κ1) is 24.8. The first-order chi connectivity index (χ1) is 21.8. The Labute approximate surface area is 256 Å². The van der Waals surface area contributed by atoms with E-state index in [9.17, 15) is 0 Å². The van der Waals surface area contributed by atoms with Gasteiger partial charge < -0.3 is 0 Å². The molecule has 0 aliphatic rings. The van der Waals surface area contributed by atoms with E-state index in [0.717, 1.165) is 0 Å². The number of rotatable bonds is 3. The summed E-state index contributed by atoms with van der Waals surface area (Å²) in [6, 6.07) is 62.3. The molecule has 0 bridgehead atoms. The van der Waals surface area contributed by atoms with Gasteiger partial charge in [0, 0.05) is 0 Å². The lowest BCUT2D eigenvalue weighted by molar-refractivity contribution is 1.63. The molecule has 0 atom stereocenters. The van der Waals surface area contributed by atoms with Crippen LogP contribution >= 0.6 is 0 Å². The minimum atomic E-state index is 1.23. The van der Waals surface area contributed by atoms with Gasteiger partial charge in [-0.25, -0.2) is 0 Å². The van der Waals surface area contributed by atoms with E-state index >= 15 is 0 Å². The maximum absolute atomic E-state index is 2.37. The van der Waals surface area contributed by atoms with E-state index in [1.165, 1.54) is 87.2 Å². The zero-order valence-corrected chi connectivity index (χ0v) is 24.2. The van der Waals surface area contributed by atoms with Gasteiger partial charge in [-0.05, 0) is 99.4 Å². The molecule has 0 saturated carbocycles. The van der Waals surface area contributed by atoms with E-state index in [-0.39, 0.29) is 0 Å². The van der Waals surface area contributed by atoms with Crippen molar-refractivity contribution in [1.29, 1.82) is 0 Å². The Hall–Kier alpha value is -5.72. The molecule has 0 fully saturated rings. The monoisotopic (exact) mass is 556 g/mol. The summed E-state index contributed by atoms with van der Waals surface area (Å²) in [6.07, 6.45) is 0. The maximum atomic E-state index is 2.37. The predicted octanol–water partition coefficient (Wildman–Crippen LogP) is 12.5. The van der Waals surface area contributed by atoms with Gasteiger partial charge in [0.25, 0.3) is 0 Å². The molecule has 0 heterocycles. The Morgan fingerprint density at radius 2 is 0.705 bits per heavy atom. The molecule has 9 aromatic carbocycles. The Morgan fingerprint density at radius 1 is 0.227 bits per heavy atom. The SMILES string of the molecule is c1cc(-c2cccc3c(-c4cccc5ccccc45)cccc23)cc(-c2cc3ccccc3c3c2ccc2ccccc23)c1. The molecule has 0 nitrogen and oxygen atoms in total. The van der Waals surface area contributed by atoms with Crippen LogP contribution in [-0.2, 0) is 0 Å². The lowest BCUT2D eigenvalue weighted by Gasteiger charge is -2.16. The number of hydrogen-bond donors (Lipinski definition) is 0. The van der Waals surface area contributed by atoms with E-state index < -0.39 is 0 Å². The quantitative estimate of drug-likeness (QED) is 0.190. The third-order valence-corrected chi connectivity index (χ3v) is 9.24. The van der Waals surface area contributed by atoms with Gasteiger partial charge in [0.05, 0.1) is 0 Å². The van der Waals surface area contributed by atoms with E-state index in [1.807, 2.05) is 0 Å². The average molecular weight is 557 g/mol. The topological polar surface area (TPSA) is 0 Å². The lowest BCUT2D eigenvalue weighted by atomic mass is 9.88. The number of benzene rings is 9. The Kier molecular flexibility index (Phi) is 5.61. The van der Waals surface area contributed by atoms with Gasteiger partial charge in [-0.15, -0.1) is 0 Å². The second-order valence-corrected chi connectivity index (χ2v) is 11.7. The van der Waals surface area contributed by atoms with Gasteiger partial charge in [-0.3, -0.25) is 0 Å². The van der Waals surface area contributed by atoms with Crippen LogP contribution in [0.5, 0.6) is 0 Å². The zero-order chi connectivity index (χ0) is 29.0. The molecule has 204 valence electrons. The van der Waals surface area contributed by atoms with Gasteiger partial charge in [-0.2, -0.15) is 0 Å². The Bertz CT molecular complexity index is 2530. The summed E-state index contributed by atoms with van der Waals surface area (Å²) in [5.74, 6) is 0. The fourth-order valence-corrected chi connectivity index (χ4v) is 7.22. The second-order valence-electron chi connectivity index (χ2n) is 11.7. The summed E-state index contributed by atoms with van der Waals surface area (Å²) in [5.41, 5.74) is 7.52. The Balaban J connectivity index is 1.26. The van der Waals surface area contributed by atoms with Crippen LogP contribution in [0.15, 0.2) is 170 Å². The van der Waals surface area contributed by atoms with Crippen molar-refractivity contribution in [1.82, 2.24) is 0 Å². The molecule has 0 N–H and O–H groups in total. The van der Waals surface area contributed by atoms with E-state index in [4.69, 9.17) is 0 Å². The fraction of sp³-hybridized carbons (Fsp3) is 0. The van der Waals surface area contributed by atoms with Gasteiger partial charge in [0.2, 0.25) is 0 Å². The van der Waals surface area contributed by atoms with Crippen LogP contribution in [0.4, 0.5) is 0 Å². The molecular weight excluding hydrogens is 528 g/mol. The molecule has 9 rings (SSSR count). The largest absolute Gasteiger partial charge is 0.0616 e. The van der Waals surface area contributed by atoms with Crippen molar-refractivity contribution in [2.75, 3.05) is 0 Å². The summed E-state index contributed by atoms with van der Waals surface area (Å²) < 4.78 is 0. The molecule has 0 aliphatic carbocycles. The third-order valence-electron chi connectivity index (χ3n) is 9.24. The first-order valence-electron chi connectivity index (χ1n) is 15.3. The number of hydrogen-bond acceptors (Lipinski definition) is 0. The molecule has 0 aromatic heterocycles. The summed E-state index contributed by atoms with van der Waals surface area (Å²) >= 11 is 0. The highest BCUT2D eigenvalue weighted by molar-refractivity contribution is 6.24. The van der Waals surface area contributed by atoms with Crippen LogP contribution in [-0.4, -0.2) is 0 Å². The van der Waals surface area contributed by atoms with Crippen LogP contribution in [0.3, 0.4) is 0 Å². The van der Waals surface area contributed by atoms with Gasteiger partial charge in [0.1, 0.15) is 0 Å². The van der Waals surface area contributed by atoms with Crippen molar-refractivity contribution in [2.45, 2.75) is 0 Å². The minimum Gasteiger partial charge on any atom is -0.0616 e. The van der Waals surface area contributed by atoms with Crippen LogP contribution in [0.1, 0.15) is 0 Å². The molecule has 0 heteroatoms. The molecule has 0 saturated heterocycles. The van der Waals surface area contributed by atoms with Crippen molar-refractivity contribution in [3.8, 4) is 33.4 Å². The van der Waals surface area contributed by atoms with Crippen LogP contribution < -0.4 is 0 Å². The van der Waals surface area contributed by atoms with Gasteiger partial charge in [-0.1, -0.05) is 158 Å². The highest BCUT2D eigenvalue weighted by Crippen LogP contribution is 2.41. The van der Waals surface area contributed by atoms with E-state index in [2.05, 4.69) is 170 Å². The molecular formula is C44H28. The summed E-state index contributed by atoms with van der Waals surface area (Å²) in [6.45, 7) is 0. The minimum absolute atomic E-state index is 1.23. The van der Waals surface area contributed by atoms with E-state index in [0.29, 0.717) is 0 Å². The third kappa shape index (κ3) is 3.85. The summed E-state index contributed by atoms with van der Waals surface area (Å²) in [4.78, 5) is 0. The normalized spacial score (nSPS) is 11.6. The maximum Gasteiger partial charge on any atom is -0.00206 e. The van der Waals surface area contributed by atoms with Crippen LogP contribution in [0, 0.1) is 0 Å². The van der Waals surface area contributed by atoms with Crippen molar-refractivity contribution in [3.63, 3.8) is 0 Å². The van der Waals surface area contributed by atoms with Gasteiger partial charge in [0.15, 0.2) is 0 Å². The van der Waals surface area contributed by atoms with Crippen molar-refractivity contribution < 1.29 is 0 Å². The average Bonchev–Trinajstić information content (AvgIpc) is 3.10. The highest BCUT2D eigenvalue weighted by atomic mass is 14.2. The smallest absolute Gasteiger partial charge is 0.00206 e. The number of fused-ring (bicyclic) bond motifs is 7. The van der Waals surface area contributed by atoms with Gasteiger partial charge >= 0.3 is 0 Å². The summed E-state index contributed by atoms with van der Waals surface area (Å²) in [5, 5.41) is 12.8. The molecule has 0 spiro atoms. The molecule has 9 aromatic rings. The van der Waals surface area contributed by atoms with Crippen LogP contribution in [0.2, 0.25) is 0 Å². The standard InChI is InChI=1S/C44H28/c1-4-17-34-29(11-1)14-8-21-38(34)40-24-10-22-39-35(20-9-23-41(39)40)31-15-7-16-32(27-31)43-28-33-13-3-6-19-37(33)44-36-18-5-2-12-30(36)25-26-42(43)44/h1-28H. The fourth-order valence-electron chi connectivity index (χ4n) is 7.22. The lowest BCUT2D eigenvalue weighted by Crippen LogP contribution is -1.89. The van der Waals surface area contributed by atoms with Crippen LogP contribution in [0.25, 0.3) is 87.2 Å². The summed E-state index contributed by atoms with van der Waals surface area (Å²) in [7, 11) is 0. The van der Waals surface area contributed by atoms with Crippen molar-refractivity contribution >= 4 is 53.9 Å². The zero-order valence-electron chi connectivity index (χ0n) is 24.2. The van der Waals surface area contributed by atoms with Crippen molar-refractivity contribution in [3.05, 3.63) is 170 Å². The highest BCUT2D eigenvalue weighted by Gasteiger charge is 2.14.